The Morgan fingerprint density at radius 2 is 1.79 bits per heavy atom. The van der Waals surface area contributed by atoms with Crippen LogP contribution in [0.25, 0.3) is 0 Å². The minimum atomic E-state index is -1.73. The average molecular weight is 420 g/mol. The quantitative estimate of drug-likeness (QED) is 0.216. The van der Waals surface area contributed by atoms with Gasteiger partial charge in [0.15, 0.2) is 6.29 Å². The summed E-state index contributed by atoms with van der Waals surface area (Å²) in [5.74, 6) is -3.09. The zero-order valence-corrected chi connectivity index (χ0v) is 15.7. The van der Waals surface area contributed by atoms with Crippen LogP contribution >= 0.6 is 0 Å². The Hall–Kier alpha value is -2.06. The highest BCUT2D eigenvalue weighted by atomic mass is 16.8. The SMILES string of the molecule is COC(=O)C1=COC(OC2OC(CO)C(O)C(O)C2O)C(=CCO)C1C(=O)OC. The van der Waals surface area contributed by atoms with Crippen molar-refractivity contribution in [3.05, 3.63) is 23.5 Å². The summed E-state index contributed by atoms with van der Waals surface area (Å²) in [6.07, 6.45) is -7.21. The third kappa shape index (κ3) is 4.75. The molecule has 2 heterocycles. The molecule has 164 valence electrons. The number of hydrogen-bond acceptors (Lipinski definition) is 12. The molecule has 29 heavy (non-hydrogen) atoms. The number of methoxy groups -OCH3 is 2. The molecular formula is C17H24O12. The molecule has 0 spiro atoms. The van der Waals surface area contributed by atoms with Crippen LogP contribution in [0.5, 0.6) is 0 Å². The molecule has 7 atom stereocenters. The molecule has 0 bridgehead atoms. The Kier molecular flexibility index (Phi) is 8.10. The average Bonchev–Trinajstić information content (AvgIpc) is 2.73. The molecule has 1 saturated heterocycles. The van der Waals surface area contributed by atoms with Crippen molar-refractivity contribution >= 4 is 11.9 Å². The fourth-order valence-corrected chi connectivity index (χ4v) is 2.99. The van der Waals surface area contributed by atoms with Crippen molar-refractivity contribution < 1.29 is 58.8 Å². The lowest BCUT2D eigenvalue weighted by molar-refractivity contribution is -0.327. The number of esters is 2. The van der Waals surface area contributed by atoms with Crippen LogP contribution in [0.2, 0.25) is 0 Å². The predicted octanol–water partition coefficient (Wildman–Crippen LogP) is -3.08. The van der Waals surface area contributed by atoms with Gasteiger partial charge >= 0.3 is 11.9 Å². The number of carbonyl (C=O) groups is 2. The number of rotatable bonds is 6. The van der Waals surface area contributed by atoms with Crippen LogP contribution in [0, 0.1) is 5.92 Å². The number of aliphatic hydroxyl groups is 5. The molecule has 12 heteroatoms. The molecule has 2 aliphatic heterocycles. The van der Waals surface area contributed by atoms with E-state index in [1.165, 1.54) is 0 Å². The first-order chi connectivity index (χ1) is 13.8. The van der Waals surface area contributed by atoms with Crippen molar-refractivity contribution in [2.24, 2.45) is 5.92 Å². The maximum Gasteiger partial charge on any atom is 0.338 e. The maximum atomic E-state index is 12.3. The normalized spacial score (nSPS) is 36.2. The molecule has 7 unspecified atom stereocenters. The first-order valence-corrected chi connectivity index (χ1v) is 8.59. The largest absolute Gasteiger partial charge is 0.468 e. The van der Waals surface area contributed by atoms with Gasteiger partial charge in [-0.3, -0.25) is 4.79 Å². The van der Waals surface area contributed by atoms with Gasteiger partial charge in [0.1, 0.15) is 30.3 Å². The van der Waals surface area contributed by atoms with Gasteiger partial charge < -0.3 is 49.2 Å². The zero-order valence-electron chi connectivity index (χ0n) is 15.7. The summed E-state index contributed by atoms with van der Waals surface area (Å²) in [4.78, 5) is 24.3. The molecule has 5 N–H and O–H groups in total. The van der Waals surface area contributed by atoms with E-state index in [1.54, 1.807) is 0 Å². The van der Waals surface area contributed by atoms with E-state index in [-0.39, 0.29) is 11.1 Å². The van der Waals surface area contributed by atoms with Gasteiger partial charge in [-0.05, 0) is 0 Å². The van der Waals surface area contributed by atoms with E-state index >= 15 is 0 Å². The Balaban J connectivity index is 2.34. The molecule has 0 aromatic rings. The lowest BCUT2D eigenvalue weighted by atomic mass is 9.88. The first kappa shape index (κ1) is 23.2. The highest BCUT2D eigenvalue weighted by Crippen LogP contribution is 2.34. The molecule has 0 aromatic heterocycles. The van der Waals surface area contributed by atoms with Crippen LogP contribution in [0.4, 0.5) is 0 Å². The third-order valence-corrected chi connectivity index (χ3v) is 4.53. The molecule has 0 saturated carbocycles. The van der Waals surface area contributed by atoms with E-state index in [1.807, 2.05) is 0 Å². The number of aliphatic hydroxyl groups excluding tert-OH is 5. The van der Waals surface area contributed by atoms with Gasteiger partial charge in [-0.1, -0.05) is 6.08 Å². The Labute approximate surface area is 165 Å². The second-order valence-electron chi connectivity index (χ2n) is 6.21. The highest BCUT2D eigenvalue weighted by Gasteiger charge is 2.47. The fraction of sp³-hybridized carbons (Fsp3) is 0.647. The second kappa shape index (κ2) is 10.1. The maximum absolute atomic E-state index is 12.3. The summed E-state index contributed by atoms with van der Waals surface area (Å²) in [5.41, 5.74) is -0.257. The van der Waals surface area contributed by atoms with Crippen molar-refractivity contribution in [2.75, 3.05) is 27.4 Å². The Morgan fingerprint density at radius 1 is 1.10 bits per heavy atom. The van der Waals surface area contributed by atoms with E-state index < -0.39 is 68.1 Å². The standard InChI is InChI=1S/C17H24O12/c1-25-14(23)8-6-27-16(7(3-4-18)10(8)15(24)26-2)29-17-13(22)12(21)11(20)9(5-19)28-17/h3,6,9-13,16-22H,4-5H2,1-2H3. The summed E-state index contributed by atoms with van der Waals surface area (Å²) >= 11 is 0. The van der Waals surface area contributed by atoms with E-state index in [0.29, 0.717) is 0 Å². The number of ether oxygens (including phenoxy) is 5. The molecule has 0 aromatic carbocycles. The number of hydrogen-bond donors (Lipinski definition) is 5. The van der Waals surface area contributed by atoms with Crippen LogP contribution in [0.15, 0.2) is 23.5 Å². The van der Waals surface area contributed by atoms with Crippen LogP contribution in [-0.2, 0) is 33.3 Å². The molecular weight excluding hydrogens is 396 g/mol. The molecule has 0 amide bonds. The van der Waals surface area contributed by atoms with Gasteiger partial charge in [-0.15, -0.1) is 0 Å². The predicted molar refractivity (Wildman–Crippen MR) is 90.5 cm³/mol. The summed E-state index contributed by atoms with van der Waals surface area (Å²) in [7, 11) is 2.19. The molecule has 2 rings (SSSR count). The molecule has 0 aliphatic carbocycles. The third-order valence-electron chi connectivity index (χ3n) is 4.53. The van der Waals surface area contributed by atoms with Gasteiger partial charge in [0, 0.05) is 5.57 Å². The van der Waals surface area contributed by atoms with Crippen molar-refractivity contribution in [1.29, 1.82) is 0 Å². The van der Waals surface area contributed by atoms with Gasteiger partial charge in [0.05, 0.1) is 39.3 Å². The minimum Gasteiger partial charge on any atom is -0.468 e. The molecule has 0 radical (unpaired) electrons. The van der Waals surface area contributed by atoms with Crippen LogP contribution < -0.4 is 0 Å². The van der Waals surface area contributed by atoms with Gasteiger partial charge in [0.2, 0.25) is 6.29 Å². The molecule has 12 nitrogen and oxygen atoms in total. The topological polar surface area (TPSA) is 181 Å². The smallest absolute Gasteiger partial charge is 0.338 e. The van der Waals surface area contributed by atoms with Crippen molar-refractivity contribution in [3.8, 4) is 0 Å². The van der Waals surface area contributed by atoms with Gasteiger partial charge in [-0.25, -0.2) is 4.79 Å². The lowest BCUT2D eigenvalue weighted by Gasteiger charge is -2.41. The van der Waals surface area contributed by atoms with E-state index in [4.69, 9.17) is 18.9 Å². The summed E-state index contributed by atoms with van der Waals surface area (Å²) in [6, 6.07) is 0. The Bertz CT molecular complexity index is 657. The fourth-order valence-electron chi connectivity index (χ4n) is 2.99. The van der Waals surface area contributed by atoms with Crippen molar-refractivity contribution in [1.82, 2.24) is 0 Å². The van der Waals surface area contributed by atoms with E-state index in [9.17, 15) is 35.1 Å². The second-order valence-corrected chi connectivity index (χ2v) is 6.21. The Morgan fingerprint density at radius 3 is 2.34 bits per heavy atom. The van der Waals surface area contributed by atoms with Crippen LogP contribution in [-0.4, -0.2) is 102 Å². The van der Waals surface area contributed by atoms with Gasteiger partial charge in [-0.2, -0.15) is 0 Å². The lowest BCUT2D eigenvalue weighted by Crippen LogP contribution is -2.60. The first-order valence-electron chi connectivity index (χ1n) is 8.59. The van der Waals surface area contributed by atoms with Crippen LogP contribution in [0.3, 0.4) is 0 Å². The summed E-state index contributed by atoms with van der Waals surface area (Å²) in [5, 5.41) is 48.4. The highest BCUT2D eigenvalue weighted by molar-refractivity contribution is 5.97. The molecule has 2 aliphatic rings. The zero-order chi connectivity index (χ0) is 21.7. The van der Waals surface area contributed by atoms with E-state index in [0.717, 1.165) is 26.6 Å². The minimum absolute atomic E-state index is 0.0424. The van der Waals surface area contributed by atoms with Crippen molar-refractivity contribution in [3.63, 3.8) is 0 Å². The van der Waals surface area contributed by atoms with Crippen molar-refractivity contribution in [2.45, 2.75) is 37.0 Å². The van der Waals surface area contributed by atoms with Crippen LogP contribution in [0.1, 0.15) is 0 Å². The monoisotopic (exact) mass is 420 g/mol. The van der Waals surface area contributed by atoms with E-state index in [2.05, 4.69) is 4.74 Å². The number of carbonyl (C=O) groups excluding carboxylic acids is 2. The summed E-state index contributed by atoms with van der Waals surface area (Å²) in [6.45, 7) is -1.23. The van der Waals surface area contributed by atoms with Gasteiger partial charge in [0.25, 0.3) is 0 Å². The summed E-state index contributed by atoms with van der Waals surface area (Å²) < 4.78 is 25.4. The molecule has 1 fully saturated rings.